The molecule has 0 fully saturated rings. The highest BCUT2D eigenvalue weighted by molar-refractivity contribution is 5.78. The van der Waals surface area contributed by atoms with Crippen LogP contribution in [-0.4, -0.2) is 14.9 Å². The largest absolute Gasteiger partial charge is 0.504 e. The lowest BCUT2D eigenvalue weighted by Gasteiger charge is -2.04. The monoisotopic (exact) mass is 278 g/mol. The summed E-state index contributed by atoms with van der Waals surface area (Å²) >= 11 is 0. The van der Waals surface area contributed by atoms with Crippen molar-refractivity contribution >= 4 is 0 Å². The second kappa shape index (κ2) is 5.09. The molecule has 2 aromatic carbocycles. The minimum atomic E-state index is 0.229. The molecule has 0 amide bonds. The molecule has 1 N–H and O–H groups in total. The minimum Gasteiger partial charge on any atom is -0.504 e. The fourth-order valence-corrected chi connectivity index (χ4v) is 2.53. The quantitative estimate of drug-likeness (QED) is 0.767. The van der Waals surface area contributed by atoms with Crippen molar-refractivity contribution in [3.63, 3.8) is 0 Å². The first-order valence-electron chi connectivity index (χ1n) is 6.96. The van der Waals surface area contributed by atoms with Gasteiger partial charge in [-0.3, -0.25) is 4.68 Å². The predicted molar refractivity (Wildman–Crippen MR) is 85.2 cm³/mol. The molecule has 0 saturated heterocycles. The lowest BCUT2D eigenvalue weighted by molar-refractivity contribution is 0.478. The Morgan fingerprint density at radius 1 is 0.905 bits per heavy atom. The van der Waals surface area contributed by atoms with E-state index < -0.39 is 0 Å². The highest BCUT2D eigenvalue weighted by atomic mass is 16.3. The Kier molecular flexibility index (Phi) is 3.26. The number of aromatic nitrogens is 2. The molecule has 0 aliphatic rings. The molecule has 0 unspecified atom stereocenters. The maximum atomic E-state index is 10.6. The van der Waals surface area contributed by atoms with E-state index in [2.05, 4.69) is 11.2 Å². The van der Waals surface area contributed by atoms with Crippen molar-refractivity contribution in [3.8, 4) is 28.3 Å². The molecule has 0 saturated carbocycles. The Morgan fingerprint density at radius 2 is 1.62 bits per heavy atom. The average molecular weight is 278 g/mol. The Bertz CT molecular complexity index is 785. The maximum absolute atomic E-state index is 10.6. The van der Waals surface area contributed by atoms with Gasteiger partial charge in [-0.15, -0.1) is 0 Å². The smallest absolute Gasteiger partial charge is 0.169 e. The zero-order chi connectivity index (χ0) is 15.0. The van der Waals surface area contributed by atoms with Gasteiger partial charge in [0.25, 0.3) is 0 Å². The second-order valence-electron chi connectivity index (χ2n) is 5.40. The average Bonchev–Trinajstić information content (AvgIpc) is 2.75. The van der Waals surface area contributed by atoms with E-state index in [1.54, 1.807) is 4.68 Å². The van der Waals surface area contributed by atoms with E-state index in [-0.39, 0.29) is 5.75 Å². The van der Waals surface area contributed by atoms with Crippen molar-refractivity contribution in [2.45, 2.75) is 13.8 Å². The van der Waals surface area contributed by atoms with Gasteiger partial charge in [-0.1, -0.05) is 53.6 Å². The molecule has 3 heteroatoms. The van der Waals surface area contributed by atoms with E-state index in [0.29, 0.717) is 5.69 Å². The van der Waals surface area contributed by atoms with Crippen LogP contribution in [0.15, 0.2) is 48.5 Å². The lowest BCUT2D eigenvalue weighted by atomic mass is 10.1. The van der Waals surface area contributed by atoms with E-state index >= 15 is 0 Å². The Hall–Kier alpha value is -2.55. The fraction of sp³-hybridized carbons (Fsp3) is 0.167. The predicted octanol–water partition coefficient (Wildman–Crippen LogP) is 4.08. The van der Waals surface area contributed by atoms with Gasteiger partial charge in [-0.2, -0.15) is 5.10 Å². The maximum Gasteiger partial charge on any atom is 0.169 e. The summed E-state index contributed by atoms with van der Waals surface area (Å²) < 4.78 is 1.74. The van der Waals surface area contributed by atoms with Gasteiger partial charge in [0.1, 0.15) is 11.4 Å². The molecule has 0 radical (unpaired) electrons. The van der Waals surface area contributed by atoms with E-state index in [9.17, 15) is 5.11 Å². The molecule has 1 heterocycles. The van der Waals surface area contributed by atoms with E-state index in [0.717, 1.165) is 22.4 Å². The van der Waals surface area contributed by atoms with Gasteiger partial charge in [-0.25, -0.2) is 0 Å². The standard InChI is InChI=1S/C18H18N2O/c1-12-7-9-14(10-8-12)16-18(21)17(20(3)19-16)15-6-4-5-13(2)11-15/h4-11,21H,1-3H3. The molecule has 0 aliphatic heterocycles. The van der Waals surface area contributed by atoms with Crippen molar-refractivity contribution in [1.82, 2.24) is 9.78 Å². The Balaban J connectivity index is 2.14. The Labute approximate surface area is 124 Å². The van der Waals surface area contributed by atoms with Crippen LogP contribution in [0.1, 0.15) is 11.1 Å². The number of rotatable bonds is 2. The summed E-state index contributed by atoms with van der Waals surface area (Å²) in [6.07, 6.45) is 0. The summed E-state index contributed by atoms with van der Waals surface area (Å²) in [5, 5.41) is 15.1. The third-order valence-corrected chi connectivity index (χ3v) is 3.64. The molecular formula is C18H18N2O. The van der Waals surface area contributed by atoms with Gasteiger partial charge in [0, 0.05) is 18.2 Å². The highest BCUT2D eigenvalue weighted by Crippen LogP contribution is 2.37. The summed E-state index contributed by atoms with van der Waals surface area (Å²) in [6, 6.07) is 16.1. The Morgan fingerprint density at radius 3 is 2.29 bits per heavy atom. The van der Waals surface area contributed by atoms with Crippen LogP contribution in [-0.2, 0) is 7.05 Å². The van der Waals surface area contributed by atoms with Crippen molar-refractivity contribution < 1.29 is 5.11 Å². The number of hydrogen-bond donors (Lipinski definition) is 1. The molecule has 0 spiro atoms. The van der Waals surface area contributed by atoms with Crippen molar-refractivity contribution in [2.75, 3.05) is 0 Å². The van der Waals surface area contributed by atoms with Crippen LogP contribution in [0.2, 0.25) is 0 Å². The minimum absolute atomic E-state index is 0.229. The molecule has 0 aliphatic carbocycles. The van der Waals surface area contributed by atoms with Crippen LogP contribution in [0.3, 0.4) is 0 Å². The van der Waals surface area contributed by atoms with Crippen LogP contribution in [0, 0.1) is 13.8 Å². The number of hydrogen-bond acceptors (Lipinski definition) is 2. The summed E-state index contributed by atoms with van der Waals surface area (Å²) in [4.78, 5) is 0. The molecule has 21 heavy (non-hydrogen) atoms. The van der Waals surface area contributed by atoms with Crippen LogP contribution in [0.4, 0.5) is 0 Å². The molecule has 0 atom stereocenters. The second-order valence-corrected chi connectivity index (χ2v) is 5.40. The molecular weight excluding hydrogens is 260 g/mol. The van der Waals surface area contributed by atoms with Gasteiger partial charge in [0.2, 0.25) is 0 Å². The number of benzene rings is 2. The van der Waals surface area contributed by atoms with Crippen molar-refractivity contribution in [1.29, 1.82) is 0 Å². The molecule has 3 rings (SSSR count). The van der Waals surface area contributed by atoms with Crippen molar-refractivity contribution in [2.24, 2.45) is 7.05 Å². The summed E-state index contributed by atoms with van der Waals surface area (Å²) in [7, 11) is 1.86. The zero-order valence-corrected chi connectivity index (χ0v) is 12.5. The van der Waals surface area contributed by atoms with Crippen LogP contribution in [0.25, 0.3) is 22.5 Å². The first kappa shape index (κ1) is 13.4. The third-order valence-electron chi connectivity index (χ3n) is 3.64. The fourth-order valence-electron chi connectivity index (χ4n) is 2.53. The lowest BCUT2D eigenvalue weighted by Crippen LogP contribution is -1.94. The normalized spacial score (nSPS) is 10.8. The summed E-state index contributed by atoms with van der Waals surface area (Å²) in [6.45, 7) is 4.08. The summed E-state index contributed by atoms with van der Waals surface area (Å²) in [5.41, 5.74) is 5.61. The van der Waals surface area contributed by atoms with Gasteiger partial charge < -0.3 is 5.11 Å². The zero-order valence-electron chi connectivity index (χ0n) is 12.5. The van der Waals surface area contributed by atoms with E-state index in [1.807, 2.05) is 63.4 Å². The molecule has 3 nitrogen and oxygen atoms in total. The molecule has 0 bridgehead atoms. The van der Waals surface area contributed by atoms with Gasteiger partial charge in [-0.05, 0) is 19.9 Å². The van der Waals surface area contributed by atoms with E-state index in [4.69, 9.17) is 0 Å². The number of nitrogens with zero attached hydrogens (tertiary/aromatic N) is 2. The summed E-state index contributed by atoms with van der Waals surface area (Å²) in [5.74, 6) is 0.229. The highest BCUT2D eigenvalue weighted by Gasteiger charge is 2.18. The number of aromatic hydroxyl groups is 1. The third kappa shape index (κ3) is 2.42. The number of aryl methyl sites for hydroxylation is 3. The van der Waals surface area contributed by atoms with Crippen LogP contribution < -0.4 is 0 Å². The SMILES string of the molecule is Cc1ccc(-c2nn(C)c(-c3cccc(C)c3)c2O)cc1. The van der Waals surface area contributed by atoms with Gasteiger partial charge >= 0.3 is 0 Å². The molecule has 106 valence electrons. The molecule has 3 aromatic rings. The van der Waals surface area contributed by atoms with Gasteiger partial charge in [0.15, 0.2) is 5.75 Å². The van der Waals surface area contributed by atoms with Crippen LogP contribution in [0.5, 0.6) is 5.75 Å². The van der Waals surface area contributed by atoms with Gasteiger partial charge in [0.05, 0.1) is 0 Å². The van der Waals surface area contributed by atoms with Crippen LogP contribution >= 0.6 is 0 Å². The van der Waals surface area contributed by atoms with E-state index in [1.165, 1.54) is 5.56 Å². The molecule has 1 aromatic heterocycles. The van der Waals surface area contributed by atoms with Crippen molar-refractivity contribution in [3.05, 3.63) is 59.7 Å². The first-order valence-corrected chi connectivity index (χ1v) is 6.96. The topological polar surface area (TPSA) is 38.0 Å². The first-order chi connectivity index (χ1) is 10.1.